The first-order chi connectivity index (χ1) is 17.6. The number of aliphatic hydroxyl groups is 2. The number of carboxylic acid groups (broad SMARTS) is 3. The molecule has 0 aliphatic heterocycles. The van der Waals surface area contributed by atoms with Crippen LogP contribution in [-0.2, 0) is 27.4 Å². The summed E-state index contributed by atoms with van der Waals surface area (Å²) in [6.07, 6.45) is 5.18. The summed E-state index contributed by atoms with van der Waals surface area (Å²) in [5, 5.41) is 56.3. The number of aliphatic carboxylic acids is 3. The lowest BCUT2D eigenvalue weighted by Gasteiger charge is -2.18. The van der Waals surface area contributed by atoms with Crippen molar-refractivity contribution in [2.75, 3.05) is 13.1 Å². The van der Waals surface area contributed by atoms with Crippen LogP contribution in [-0.4, -0.2) is 61.6 Å². The van der Waals surface area contributed by atoms with Gasteiger partial charge in [0.05, 0.1) is 12.7 Å². The fraction of sp³-hybridized carbons (Fsp3) is 0.444. The van der Waals surface area contributed by atoms with Gasteiger partial charge in [-0.05, 0) is 61.4 Å². The molecule has 0 bridgehead atoms. The number of carbonyl (C=O) groups is 3. The summed E-state index contributed by atoms with van der Waals surface area (Å²) in [5.41, 5.74) is 2.36. The normalized spacial score (nSPS) is 12.2. The molecule has 0 saturated heterocycles. The van der Waals surface area contributed by atoms with Crippen molar-refractivity contribution in [1.82, 2.24) is 5.32 Å². The molecule has 0 aliphatic rings. The Bertz CT molecular complexity index is 954. The Morgan fingerprint density at radius 2 is 1.54 bits per heavy atom. The minimum absolute atomic E-state index is 0.0138. The summed E-state index contributed by atoms with van der Waals surface area (Å²) >= 11 is 0. The summed E-state index contributed by atoms with van der Waals surface area (Å²) < 4.78 is 0. The second kappa shape index (κ2) is 17.9. The Balaban J connectivity index is 0.00000102. The van der Waals surface area contributed by atoms with Crippen LogP contribution in [0.25, 0.3) is 0 Å². The Morgan fingerprint density at radius 1 is 0.865 bits per heavy atom. The molecular weight excluding hydrogens is 482 g/mol. The number of hydrogen-bond acceptors (Lipinski definition) is 7. The van der Waals surface area contributed by atoms with Gasteiger partial charge in [-0.1, -0.05) is 49.2 Å². The van der Waals surface area contributed by atoms with E-state index in [1.54, 1.807) is 12.1 Å². The second-order valence-electron chi connectivity index (χ2n) is 8.69. The van der Waals surface area contributed by atoms with Crippen molar-refractivity contribution in [1.29, 1.82) is 0 Å². The van der Waals surface area contributed by atoms with E-state index in [-0.39, 0.29) is 18.8 Å². The summed E-state index contributed by atoms with van der Waals surface area (Å²) in [7, 11) is 0. The third kappa shape index (κ3) is 14.0. The van der Waals surface area contributed by atoms with Crippen LogP contribution in [0.15, 0.2) is 48.5 Å². The zero-order chi connectivity index (χ0) is 27.6. The first kappa shape index (κ1) is 31.6. The topological polar surface area (TPSA) is 185 Å². The summed E-state index contributed by atoms with van der Waals surface area (Å²) in [4.78, 5) is 29.2. The molecule has 2 unspecified atom stereocenters. The Morgan fingerprint density at radius 3 is 2.14 bits per heavy atom. The molecule has 204 valence electrons. The molecule has 0 aliphatic carbocycles. The molecule has 0 amide bonds. The van der Waals surface area contributed by atoms with Gasteiger partial charge < -0.3 is 36.0 Å². The largest absolute Gasteiger partial charge is 0.508 e. The molecule has 0 saturated carbocycles. The molecule has 0 spiro atoms. The minimum atomic E-state index is -1.82. The maximum Gasteiger partial charge on any atom is 0.414 e. The molecular formula is C27H37NO9. The first-order valence-electron chi connectivity index (χ1n) is 12.2. The number of unbranched alkanes of at least 4 members (excludes halogenated alkanes) is 1. The zero-order valence-corrected chi connectivity index (χ0v) is 20.8. The number of benzene rings is 2. The van der Waals surface area contributed by atoms with E-state index in [0.717, 1.165) is 32.1 Å². The van der Waals surface area contributed by atoms with E-state index < -0.39 is 24.0 Å². The van der Waals surface area contributed by atoms with Crippen molar-refractivity contribution >= 4 is 17.9 Å². The Hall–Kier alpha value is -3.47. The highest BCUT2D eigenvalue weighted by atomic mass is 16.4. The maximum absolute atomic E-state index is 11.0. The first-order valence-corrected chi connectivity index (χ1v) is 12.2. The highest BCUT2D eigenvalue weighted by Crippen LogP contribution is 2.23. The van der Waals surface area contributed by atoms with Gasteiger partial charge >= 0.3 is 17.9 Å². The average molecular weight is 520 g/mol. The number of aryl methyl sites for hydroxylation is 1. The lowest BCUT2D eigenvalue weighted by atomic mass is 9.92. The standard InChI is InChI=1S/C25H35NO5.C2H2O4/c27-18-22-16-21(11-12-23(22)28)24(29)17-26-15-14-20(10-13-25(30)31)9-5-4-8-19-6-2-1-3-7-19;3-1(4)2(5)6/h1-3,6-7,11-12,16,20,24,26-29H,4-5,8-10,13-15,17-18H2,(H,30,31);(H,3,4)(H,5,6). The van der Waals surface area contributed by atoms with Gasteiger partial charge in [0.2, 0.25) is 0 Å². The van der Waals surface area contributed by atoms with Crippen LogP contribution in [0.2, 0.25) is 0 Å². The van der Waals surface area contributed by atoms with E-state index in [0.29, 0.717) is 36.6 Å². The molecule has 0 heterocycles. The SMILES string of the molecule is O=C(O)C(=O)O.O=C(O)CCC(CCCCc1ccccc1)CCNCC(O)c1ccc(O)c(CO)c1. The lowest BCUT2D eigenvalue weighted by molar-refractivity contribution is -0.159. The molecule has 10 nitrogen and oxygen atoms in total. The van der Waals surface area contributed by atoms with E-state index in [2.05, 4.69) is 17.4 Å². The number of carboxylic acids is 3. The number of rotatable bonds is 15. The molecule has 7 N–H and O–H groups in total. The zero-order valence-electron chi connectivity index (χ0n) is 20.8. The summed E-state index contributed by atoms with van der Waals surface area (Å²) in [6, 6.07) is 15.1. The number of hydrogen-bond donors (Lipinski definition) is 7. The lowest BCUT2D eigenvalue weighted by Crippen LogP contribution is -2.24. The highest BCUT2D eigenvalue weighted by molar-refractivity contribution is 6.27. The van der Waals surface area contributed by atoms with Crippen LogP contribution in [0, 0.1) is 5.92 Å². The number of phenols is 1. The van der Waals surface area contributed by atoms with E-state index in [1.165, 1.54) is 11.6 Å². The van der Waals surface area contributed by atoms with Gasteiger partial charge in [0.1, 0.15) is 5.75 Å². The van der Waals surface area contributed by atoms with E-state index in [4.69, 9.17) is 24.9 Å². The highest BCUT2D eigenvalue weighted by Gasteiger charge is 2.13. The van der Waals surface area contributed by atoms with Crippen LogP contribution in [0.1, 0.15) is 61.3 Å². The molecule has 2 aromatic carbocycles. The van der Waals surface area contributed by atoms with Crippen LogP contribution in [0.3, 0.4) is 0 Å². The van der Waals surface area contributed by atoms with Crippen molar-refractivity contribution < 1.29 is 45.0 Å². The second-order valence-corrected chi connectivity index (χ2v) is 8.69. The predicted octanol–water partition coefficient (Wildman–Crippen LogP) is 2.95. The third-order valence-electron chi connectivity index (χ3n) is 5.85. The smallest absolute Gasteiger partial charge is 0.414 e. The van der Waals surface area contributed by atoms with Gasteiger partial charge in [-0.25, -0.2) is 9.59 Å². The quantitative estimate of drug-likeness (QED) is 0.136. The number of nitrogens with one attached hydrogen (secondary N) is 1. The average Bonchev–Trinajstić information content (AvgIpc) is 2.88. The van der Waals surface area contributed by atoms with Gasteiger partial charge in [0.15, 0.2) is 0 Å². The van der Waals surface area contributed by atoms with E-state index in [1.807, 2.05) is 18.2 Å². The molecule has 0 fully saturated rings. The van der Waals surface area contributed by atoms with Gasteiger partial charge in [-0.2, -0.15) is 0 Å². The molecule has 2 rings (SSSR count). The Kier molecular flexibility index (Phi) is 15.3. The predicted molar refractivity (Wildman–Crippen MR) is 136 cm³/mol. The summed E-state index contributed by atoms with van der Waals surface area (Å²) in [5.74, 6) is -4.05. The van der Waals surface area contributed by atoms with Crippen LogP contribution in [0.5, 0.6) is 5.75 Å². The molecule has 37 heavy (non-hydrogen) atoms. The molecule has 0 aromatic heterocycles. The van der Waals surface area contributed by atoms with Gasteiger partial charge in [-0.3, -0.25) is 4.79 Å². The van der Waals surface area contributed by atoms with Crippen molar-refractivity contribution in [3.05, 3.63) is 65.2 Å². The van der Waals surface area contributed by atoms with Gasteiger partial charge in [-0.15, -0.1) is 0 Å². The van der Waals surface area contributed by atoms with E-state index >= 15 is 0 Å². The molecule has 10 heteroatoms. The fourth-order valence-electron chi connectivity index (χ4n) is 3.77. The Labute approximate surface area is 216 Å². The minimum Gasteiger partial charge on any atom is -0.508 e. The number of aliphatic hydroxyl groups excluding tert-OH is 2. The van der Waals surface area contributed by atoms with Crippen LogP contribution in [0.4, 0.5) is 0 Å². The van der Waals surface area contributed by atoms with E-state index in [9.17, 15) is 20.1 Å². The monoisotopic (exact) mass is 519 g/mol. The summed E-state index contributed by atoms with van der Waals surface area (Å²) in [6.45, 7) is 0.773. The maximum atomic E-state index is 11.0. The van der Waals surface area contributed by atoms with Crippen molar-refractivity contribution in [2.45, 2.75) is 57.7 Å². The molecule has 2 atom stereocenters. The van der Waals surface area contributed by atoms with Crippen LogP contribution < -0.4 is 5.32 Å². The van der Waals surface area contributed by atoms with Gasteiger partial charge in [0.25, 0.3) is 0 Å². The molecule has 0 radical (unpaired) electrons. The number of aromatic hydroxyl groups is 1. The van der Waals surface area contributed by atoms with Crippen molar-refractivity contribution in [2.24, 2.45) is 5.92 Å². The van der Waals surface area contributed by atoms with Crippen molar-refractivity contribution in [3.8, 4) is 5.75 Å². The fourth-order valence-corrected chi connectivity index (χ4v) is 3.77. The van der Waals surface area contributed by atoms with Crippen molar-refractivity contribution in [3.63, 3.8) is 0 Å². The van der Waals surface area contributed by atoms with Crippen LogP contribution >= 0.6 is 0 Å². The third-order valence-corrected chi connectivity index (χ3v) is 5.85. The van der Waals surface area contributed by atoms with Gasteiger partial charge in [0, 0.05) is 18.5 Å². The molecule has 2 aromatic rings.